The number of piperazine rings is 1. The normalized spacial score (nSPS) is 13.6. The second-order valence-corrected chi connectivity index (χ2v) is 9.01. The summed E-state index contributed by atoms with van der Waals surface area (Å²) in [5.74, 6) is 2.02. The summed E-state index contributed by atoms with van der Waals surface area (Å²) >= 11 is 7.31. The van der Waals surface area contributed by atoms with Gasteiger partial charge in [-0.05, 0) is 42.0 Å². The molecule has 33 heavy (non-hydrogen) atoms. The van der Waals surface area contributed by atoms with Crippen molar-refractivity contribution in [1.29, 1.82) is 0 Å². The van der Waals surface area contributed by atoms with Gasteiger partial charge in [-0.15, -0.1) is 0 Å². The molecule has 1 amide bonds. The molecule has 1 fully saturated rings. The Balaban J connectivity index is 1.25. The third-order valence-electron chi connectivity index (χ3n) is 5.42. The minimum absolute atomic E-state index is 0.0387. The van der Waals surface area contributed by atoms with Crippen LogP contribution in [0.3, 0.4) is 0 Å². The molecule has 1 aliphatic rings. The van der Waals surface area contributed by atoms with E-state index in [9.17, 15) is 4.79 Å². The van der Waals surface area contributed by atoms with Crippen LogP contribution in [0.25, 0.3) is 0 Å². The van der Waals surface area contributed by atoms with E-state index in [4.69, 9.17) is 16.3 Å². The second kappa shape index (κ2) is 11.2. The standard InChI is InChI=1S/C24H26ClN5O2S/c1-32-21-8-6-20(7-9-21)29-10-12-30(13-11-29)22-14-24(28-17-27-22)33-16-23(31)26-15-18-2-4-19(25)5-3-18/h2-9,14,17H,10-13,15-16H2,1H3,(H,26,31). The summed E-state index contributed by atoms with van der Waals surface area (Å²) in [4.78, 5) is 25.6. The zero-order valence-electron chi connectivity index (χ0n) is 18.4. The van der Waals surface area contributed by atoms with E-state index in [0.717, 1.165) is 48.3 Å². The maximum atomic E-state index is 12.2. The highest BCUT2D eigenvalue weighted by molar-refractivity contribution is 7.99. The van der Waals surface area contributed by atoms with Crippen LogP contribution in [0.5, 0.6) is 5.75 Å². The Labute approximate surface area is 203 Å². The first-order chi connectivity index (χ1) is 16.1. The number of benzene rings is 2. The molecule has 0 radical (unpaired) electrons. The number of amides is 1. The number of thioether (sulfide) groups is 1. The molecule has 1 aliphatic heterocycles. The maximum Gasteiger partial charge on any atom is 0.230 e. The summed E-state index contributed by atoms with van der Waals surface area (Å²) in [6.45, 7) is 4.03. The number of anilines is 2. The number of nitrogens with zero attached hydrogens (tertiary/aromatic N) is 4. The average Bonchev–Trinajstić information content (AvgIpc) is 2.87. The summed E-state index contributed by atoms with van der Waals surface area (Å²) in [5.41, 5.74) is 2.20. The number of rotatable bonds is 8. The van der Waals surface area contributed by atoms with E-state index in [-0.39, 0.29) is 5.91 Å². The van der Waals surface area contributed by atoms with Crippen LogP contribution in [0, 0.1) is 0 Å². The second-order valence-electron chi connectivity index (χ2n) is 7.58. The molecule has 0 unspecified atom stereocenters. The first-order valence-corrected chi connectivity index (χ1v) is 12.1. The van der Waals surface area contributed by atoms with Crippen LogP contribution in [0.15, 0.2) is 66.0 Å². The van der Waals surface area contributed by atoms with Crippen molar-refractivity contribution in [3.63, 3.8) is 0 Å². The molecule has 1 N–H and O–H groups in total. The SMILES string of the molecule is COc1ccc(N2CCN(c3cc(SCC(=O)NCc4ccc(Cl)cc4)ncn3)CC2)cc1. The Morgan fingerprint density at radius 1 is 1.03 bits per heavy atom. The molecule has 9 heteroatoms. The topological polar surface area (TPSA) is 70.6 Å². The van der Waals surface area contributed by atoms with Crippen LogP contribution < -0.4 is 19.9 Å². The summed E-state index contributed by atoms with van der Waals surface area (Å²) in [6.07, 6.45) is 1.57. The lowest BCUT2D eigenvalue weighted by atomic mass is 10.2. The van der Waals surface area contributed by atoms with Gasteiger partial charge in [0.25, 0.3) is 0 Å². The highest BCUT2D eigenvalue weighted by Gasteiger charge is 2.19. The number of carbonyl (C=O) groups is 1. The minimum atomic E-state index is -0.0387. The van der Waals surface area contributed by atoms with Crippen LogP contribution in [-0.2, 0) is 11.3 Å². The van der Waals surface area contributed by atoms with Gasteiger partial charge < -0.3 is 19.9 Å². The molecule has 0 spiro atoms. The molecule has 1 saturated heterocycles. The predicted molar refractivity (Wildman–Crippen MR) is 133 cm³/mol. The number of nitrogens with one attached hydrogen (secondary N) is 1. The van der Waals surface area contributed by atoms with Crippen LogP contribution in [-0.4, -0.2) is 54.9 Å². The molecule has 3 aromatic rings. The fourth-order valence-corrected chi connectivity index (χ4v) is 4.38. The van der Waals surface area contributed by atoms with Gasteiger partial charge in [0.05, 0.1) is 12.9 Å². The average molecular weight is 484 g/mol. The lowest BCUT2D eigenvalue weighted by molar-refractivity contribution is -0.118. The maximum absolute atomic E-state index is 12.2. The zero-order valence-corrected chi connectivity index (χ0v) is 20.0. The van der Waals surface area contributed by atoms with Crippen molar-refractivity contribution in [3.8, 4) is 5.75 Å². The van der Waals surface area contributed by atoms with Crippen molar-refractivity contribution in [2.24, 2.45) is 0 Å². The van der Waals surface area contributed by atoms with Crippen LogP contribution in [0.2, 0.25) is 5.02 Å². The van der Waals surface area contributed by atoms with Crippen molar-refractivity contribution in [2.45, 2.75) is 11.6 Å². The Bertz CT molecular complexity index is 1060. The number of methoxy groups -OCH3 is 1. The van der Waals surface area contributed by atoms with Gasteiger partial charge in [0.15, 0.2) is 0 Å². The first-order valence-electron chi connectivity index (χ1n) is 10.7. The Kier molecular flexibility index (Phi) is 7.91. The van der Waals surface area contributed by atoms with Crippen LogP contribution >= 0.6 is 23.4 Å². The molecular weight excluding hydrogens is 458 g/mol. The number of hydrogen-bond donors (Lipinski definition) is 1. The van der Waals surface area contributed by atoms with E-state index in [1.54, 1.807) is 13.4 Å². The van der Waals surface area contributed by atoms with E-state index >= 15 is 0 Å². The number of aromatic nitrogens is 2. The van der Waals surface area contributed by atoms with E-state index < -0.39 is 0 Å². The highest BCUT2D eigenvalue weighted by atomic mass is 35.5. The van der Waals surface area contributed by atoms with Crippen molar-refractivity contribution in [1.82, 2.24) is 15.3 Å². The Morgan fingerprint density at radius 2 is 1.73 bits per heavy atom. The van der Waals surface area contributed by atoms with Gasteiger partial charge in [-0.1, -0.05) is 35.5 Å². The van der Waals surface area contributed by atoms with Gasteiger partial charge in [-0.25, -0.2) is 9.97 Å². The molecule has 1 aromatic heterocycles. The van der Waals surface area contributed by atoms with Gasteiger partial charge in [0, 0.05) is 49.5 Å². The monoisotopic (exact) mass is 483 g/mol. The number of hydrogen-bond acceptors (Lipinski definition) is 7. The molecule has 2 heterocycles. The molecule has 2 aromatic carbocycles. The van der Waals surface area contributed by atoms with Crippen molar-refractivity contribution in [2.75, 3.05) is 48.8 Å². The number of carbonyl (C=O) groups excluding carboxylic acids is 1. The number of ether oxygens (including phenoxy) is 1. The third-order valence-corrected chi connectivity index (χ3v) is 6.60. The van der Waals surface area contributed by atoms with Gasteiger partial charge in [0.2, 0.25) is 5.91 Å². The van der Waals surface area contributed by atoms with E-state index in [0.29, 0.717) is 17.3 Å². The zero-order chi connectivity index (χ0) is 23.0. The largest absolute Gasteiger partial charge is 0.497 e. The minimum Gasteiger partial charge on any atom is -0.497 e. The van der Waals surface area contributed by atoms with Crippen molar-refractivity contribution in [3.05, 3.63) is 71.5 Å². The smallest absolute Gasteiger partial charge is 0.230 e. The van der Waals surface area contributed by atoms with E-state index in [1.165, 1.54) is 17.4 Å². The van der Waals surface area contributed by atoms with Crippen molar-refractivity contribution >= 4 is 40.8 Å². The molecule has 0 saturated carbocycles. The summed E-state index contributed by atoms with van der Waals surface area (Å²) in [6, 6.07) is 17.6. The Hall–Kier alpha value is -2.97. The molecular formula is C24H26ClN5O2S. The van der Waals surface area contributed by atoms with E-state index in [2.05, 4.69) is 37.2 Å². The molecule has 0 aliphatic carbocycles. The first kappa shape index (κ1) is 23.2. The summed E-state index contributed by atoms with van der Waals surface area (Å²) in [7, 11) is 1.68. The predicted octanol–water partition coefficient (Wildman–Crippen LogP) is 3.87. The fourth-order valence-electron chi connectivity index (χ4n) is 3.56. The summed E-state index contributed by atoms with van der Waals surface area (Å²) in [5, 5.41) is 4.40. The number of halogens is 1. The molecule has 4 rings (SSSR count). The van der Waals surface area contributed by atoms with Gasteiger partial charge in [0.1, 0.15) is 22.9 Å². The Morgan fingerprint density at radius 3 is 2.42 bits per heavy atom. The lowest BCUT2D eigenvalue weighted by Gasteiger charge is -2.36. The van der Waals surface area contributed by atoms with E-state index in [1.807, 2.05) is 42.5 Å². The van der Waals surface area contributed by atoms with Gasteiger partial charge in [-0.3, -0.25) is 4.79 Å². The fraction of sp³-hybridized carbons (Fsp3) is 0.292. The molecule has 7 nitrogen and oxygen atoms in total. The van der Waals surface area contributed by atoms with Crippen molar-refractivity contribution < 1.29 is 9.53 Å². The third kappa shape index (κ3) is 6.52. The molecule has 172 valence electrons. The quantitative estimate of drug-likeness (QED) is 0.385. The molecule has 0 atom stereocenters. The lowest BCUT2D eigenvalue weighted by Crippen LogP contribution is -2.46. The molecule has 0 bridgehead atoms. The van der Waals surface area contributed by atoms with Gasteiger partial charge >= 0.3 is 0 Å². The summed E-state index contributed by atoms with van der Waals surface area (Å²) < 4.78 is 5.24. The van der Waals surface area contributed by atoms with Crippen LogP contribution in [0.4, 0.5) is 11.5 Å². The van der Waals surface area contributed by atoms with Crippen LogP contribution in [0.1, 0.15) is 5.56 Å². The van der Waals surface area contributed by atoms with Gasteiger partial charge in [-0.2, -0.15) is 0 Å². The highest BCUT2D eigenvalue weighted by Crippen LogP contribution is 2.24.